The second-order valence-electron chi connectivity index (χ2n) is 5.16. The van der Waals surface area contributed by atoms with E-state index in [9.17, 15) is 9.59 Å². The third-order valence-electron chi connectivity index (χ3n) is 2.50. The average molecular weight is 213 g/mol. The smallest absolute Gasteiger partial charge is 0.410 e. The van der Waals surface area contributed by atoms with E-state index in [2.05, 4.69) is 0 Å². The van der Waals surface area contributed by atoms with E-state index in [-0.39, 0.29) is 17.9 Å². The maximum Gasteiger partial charge on any atom is 0.410 e. The van der Waals surface area contributed by atoms with Crippen molar-refractivity contribution in [1.29, 1.82) is 0 Å². The van der Waals surface area contributed by atoms with Crippen LogP contribution in [0.2, 0.25) is 0 Å². The molecular weight excluding hydrogens is 194 g/mol. The molecule has 4 heteroatoms. The molecule has 4 nitrogen and oxygen atoms in total. The van der Waals surface area contributed by atoms with Crippen molar-refractivity contribution in [3.05, 3.63) is 0 Å². The van der Waals surface area contributed by atoms with Crippen molar-refractivity contribution in [2.45, 2.75) is 33.3 Å². The van der Waals surface area contributed by atoms with Gasteiger partial charge in [0.2, 0.25) is 0 Å². The molecule has 0 spiro atoms. The highest BCUT2D eigenvalue weighted by atomic mass is 16.6. The van der Waals surface area contributed by atoms with Crippen LogP contribution in [0.3, 0.4) is 0 Å². The molecule has 0 aliphatic carbocycles. The van der Waals surface area contributed by atoms with Crippen LogP contribution in [0.5, 0.6) is 0 Å². The van der Waals surface area contributed by atoms with Gasteiger partial charge >= 0.3 is 6.09 Å². The van der Waals surface area contributed by atoms with Crippen LogP contribution in [0.25, 0.3) is 0 Å². The topological polar surface area (TPSA) is 46.6 Å². The lowest BCUT2D eigenvalue weighted by atomic mass is 10.0. The first-order valence-corrected chi connectivity index (χ1v) is 5.26. The molecule has 1 aliphatic rings. The summed E-state index contributed by atoms with van der Waals surface area (Å²) < 4.78 is 5.23. The van der Waals surface area contributed by atoms with Crippen LogP contribution in [0, 0.1) is 11.8 Å². The summed E-state index contributed by atoms with van der Waals surface area (Å²) in [6.45, 7) is 8.58. The Bertz CT molecular complexity index is 257. The summed E-state index contributed by atoms with van der Waals surface area (Å²) in [5, 5.41) is 0. The zero-order valence-corrected chi connectivity index (χ0v) is 9.82. The van der Waals surface area contributed by atoms with Gasteiger partial charge in [0, 0.05) is 19.0 Å². The van der Waals surface area contributed by atoms with E-state index in [1.807, 2.05) is 27.7 Å². The minimum atomic E-state index is -0.473. The van der Waals surface area contributed by atoms with Crippen LogP contribution < -0.4 is 0 Å². The molecule has 1 fully saturated rings. The SMILES string of the molecule is CC1CN(C(=O)OC(C)(C)C)CC1C=O. The van der Waals surface area contributed by atoms with Gasteiger partial charge in [0.05, 0.1) is 0 Å². The third-order valence-corrected chi connectivity index (χ3v) is 2.50. The van der Waals surface area contributed by atoms with E-state index in [1.165, 1.54) is 0 Å². The second-order valence-corrected chi connectivity index (χ2v) is 5.16. The lowest BCUT2D eigenvalue weighted by molar-refractivity contribution is -0.111. The predicted octanol–water partition coefficient (Wildman–Crippen LogP) is 1.69. The van der Waals surface area contributed by atoms with Crippen molar-refractivity contribution in [2.75, 3.05) is 13.1 Å². The summed E-state index contributed by atoms with van der Waals surface area (Å²) in [4.78, 5) is 24.0. The van der Waals surface area contributed by atoms with E-state index in [0.29, 0.717) is 13.1 Å². The Hall–Kier alpha value is -1.06. The molecule has 0 aromatic carbocycles. The van der Waals surface area contributed by atoms with Gasteiger partial charge in [-0.05, 0) is 26.7 Å². The van der Waals surface area contributed by atoms with Crippen LogP contribution in [-0.2, 0) is 9.53 Å². The largest absolute Gasteiger partial charge is 0.444 e. The first-order valence-electron chi connectivity index (χ1n) is 5.26. The Morgan fingerprint density at radius 1 is 1.40 bits per heavy atom. The van der Waals surface area contributed by atoms with Crippen LogP contribution in [-0.4, -0.2) is 36.0 Å². The van der Waals surface area contributed by atoms with E-state index >= 15 is 0 Å². The molecule has 1 saturated heterocycles. The van der Waals surface area contributed by atoms with E-state index in [1.54, 1.807) is 4.90 Å². The number of hydrogen-bond acceptors (Lipinski definition) is 3. The molecule has 2 unspecified atom stereocenters. The molecule has 0 radical (unpaired) electrons. The van der Waals surface area contributed by atoms with Crippen molar-refractivity contribution in [3.63, 3.8) is 0 Å². The molecule has 0 aromatic rings. The van der Waals surface area contributed by atoms with Crippen LogP contribution >= 0.6 is 0 Å². The van der Waals surface area contributed by atoms with E-state index in [0.717, 1.165) is 6.29 Å². The molecule has 1 rings (SSSR count). The van der Waals surface area contributed by atoms with Crippen molar-refractivity contribution < 1.29 is 14.3 Å². The zero-order valence-electron chi connectivity index (χ0n) is 9.82. The number of ether oxygens (including phenoxy) is 1. The number of rotatable bonds is 1. The maximum absolute atomic E-state index is 11.7. The molecule has 2 atom stereocenters. The summed E-state index contributed by atoms with van der Waals surface area (Å²) >= 11 is 0. The zero-order chi connectivity index (χ0) is 11.6. The normalized spacial score (nSPS) is 26.5. The standard InChI is InChI=1S/C11H19NO3/c1-8-5-12(6-9(8)7-13)10(14)15-11(2,3)4/h7-9H,5-6H2,1-4H3. The van der Waals surface area contributed by atoms with Crippen molar-refractivity contribution in [2.24, 2.45) is 11.8 Å². The Morgan fingerprint density at radius 2 is 2.00 bits per heavy atom. The molecule has 1 amide bonds. The van der Waals surface area contributed by atoms with Gasteiger partial charge in [-0.25, -0.2) is 4.79 Å². The monoisotopic (exact) mass is 213 g/mol. The van der Waals surface area contributed by atoms with Gasteiger partial charge < -0.3 is 14.4 Å². The van der Waals surface area contributed by atoms with Gasteiger partial charge in [0.1, 0.15) is 11.9 Å². The molecular formula is C11H19NO3. The summed E-state index contributed by atoms with van der Waals surface area (Å²) in [5.41, 5.74) is -0.473. The molecule has 0 N–H and O–H groups in total. The fourth-order valence-corrected chi connectivity index (χ4v) is 1.64. The molecule has 1 aliphatic heterocycles. The molecule has 15 heavy (non-hydrogen) atoms. The summed E-state index contributed by atoms with van der Waals surface area (Å²) in [6, 6.07) is 0. The number of likely N-dealkylation sites (tertiary alicyclic amines) is 1. The number of nitrogens with zero attached hydrogens (tertiary/aromatic N) is 1. The Balaban J connectivity index is 2.53. The first kappa shape index (κ1) is 12.0. The van der Waals surface area contributed by atoms with Crippen molar-refractivity contribution in [3.8, 4) is 0 Å². The number of hydrogen-bond donors (Lipinski definition) is 0. The molecule has 0 bridgehead atoms. The fourth-order valence-electron chi connectivity index (χ4n) is 1.64. The Labute approximate surface area is 90.6 Å². The van der Waals surface area contributed by atoms with Crippen molar-refractivity contribution in [1.82, 2.24) is 4.90 Å². The Kier molecular flexibility index (Phi) is 3.37. The van der Waals surface area contributed by atoms with Crippen LogP contribution in [0.1, 0.15) is 27.7 Å². The van der Waals surface area contributed by atoms with Gasteiger partial charge in [-0.3, -0.25) is 0 Å². The highest BCUT2D eigenvalue weighted by molar-refractivity contribution is 5.70. The fraction of sp³-hybridized carbons (Fsp3) is 0.818. The van der Waals surface area contributed by atoms with Gasteiger partial charge in [0.25, 0.3) is 0 Å². The first-order chi connectivity index (χ1) is 6.83. The van der Waals surface area contributed by atoms with Crippen LogP contribution in [0.15, 0.2) is 0 Å². The van der Waals surface area contributed by atoms with Gasteiger partial charge in [0.15, 0.2) is 0 Å². The quantitative estimate of drug-likeness (QED) is 0.623. The van der Waals surface area contributed by atoms with E-state index < -0.39 is 5.60 Å². The summed E-state index contributed by atoms with van der Waals surface area (Å²) in [7, 11) is 0. The predicted molar refractivity (Wildman–Crippen MR) is 56.5 cm³/mol. The highest BCUT2D eigenvalue weighted by Crippen LogP contribution is 2.22. The lowest BCUT2D eigenvalue weighted by Gasteiger charge is -2.24. The van der Waals surface area contributed by atoms with Crippen molar-refractivity contribution >= 4 is 12.4 Å². The molecule has 0 aromatic heterocycles. The number of aldehydes is 1. The van der Waals surface area contributed by atoms with Gasteiger partial charge in [-0.15, -0.1) is 0 Å². The van der Waals surface area contributed by atoms with Crippen LogP contribution in [0.4, 0.5) is 4.79 Å². The minimum absolute atomic E-state index is 0.0440. The summed E-state index contributed by atoms with van der Waals surface area (Å²) in [5.74, 6) is 0.188. The molecule has 0 saturated carbocycles. The Morgan fingerprint density at radius 3 is 2.40 bits per heavy atom. The van der Waals surface area contributed by atoms with Gasteiger partial charge in [-0.2, -0.15) is 0 Å². The second kappa shape index (κ2) is 4.21. The number of amides is 1. The third kappa shape index (κ3) is 3.22. The molecule has 1 heterocycles. The molecule has 86 valence electrons. The minimum Gasteiger partial charge on any atom is -0.444 e. The number of carbonyl (C=O) groups is 2. The average Bonchev–Trinajstić information content (AvgIpc) is 2.43. The maximum atomic E-state index is 11.7. The van der Waals surface area contributed by atoms with E-state index in [4.69, 9.17) is 4.74 Å². The van der Waals surface area contributed by atoms with Gasteiger partial charge in [-0.1, -0.05) is 6.92 Å². The summed E-state index contributed by atoms with van der Waals surface area (Å²) in [6.07, 6.45) is 0.605. The lowest BCUT2D eigenvalue weighted by Crippen LogP contribution is -2.35. The number of carbonyl (C=O) groups excluding carboxylic acids is 2. The highest BCUT2D eigenvalue weighted by Gasteiger charge is 2.34.